The van der Waals surface area contributed by atoms with Gasteiger partial charge in [0.05, 0.1) is 6.61 Å². The summed E-state index contributed by atoms with van der Waals surface area (Å²) in [5, 5.41) is 3.10. The van der Waals surface area contributed by atoms with Crippen LogP contribution in [0.4, 0.5) is 11.6 Å². The summed E-state index contributed by atoms with van der Waals surface area (Å²) >= 11 is 0. The molecule has 5 nitrogen and oxygen atoms in total. The van der Waals surface area contributed by atoms with Crippen molar-refractivity contribution in [3.63, 3.8) is 0 Å². The van der Waals surface area contributed by atoms with Gasteiger partial charge in [0.1, 0.15) is 17.5 Å². The molecule has 0 aliphatic carbocycles. The molecule has 0 aromatic carbocycles. The third-order valence-electron chi connectivity index (χ3n) is 3.28. The van der Waals surface area contributed by atoms with E-state index in [-0.39, 0.29) is 0 Å². The first-order valence-electron chi connectivity index (χ1n) is 6.97. The second-order valence-corrected chi connectivity index (χ2v) is 4.57. The predicted octanol–water partition coefficient (Wildman–Crippen LogP) is 2.33. The summed E-state index contributed by atoms with van der Waals surface area (Å²) in [6, 6.07) is 2.43. The van der Waals surface area contributed by atoms with Crippen molar-refractivity contribution >= 4 is 11.6 Å². The van der Waals surface area contributed by atoms with Crippen LogP contribution in [0.25, 0.3) is 0 Å². The fraction of sp³-hybridized carbons (Fsp3) is 0.714. The van der Waals surface area contributed by atoms with E-state index in [2.05, 4.69) is 41.0 Å². The third kappa shape index (κ3) is 4.35. The fourth-order valence-corrected chi connectivity index (χ4v) is 1.89. The minimum absolute atomic E-state index is 0.430. The maximum atomic E-state index is 5.20. The van der Waals surface area contributed by atoms with Gasteiger partial charge in [-0.2, -0.15) is 0 Å². The van der Waals surface area contributed by atoms with Gasteiger partial charge in [-0.05, 0) is 13.3 Å². The molecule has 0 aliphatic heterocycles. The van der Waals surface area contributed by atoms with Gasteiger partial charge in [0.2, 0.25) is 0 Å². The van der Waals surface area contributed by atoms with Gasteiger partial charge in [-0.1, -0.05) is 13.8 Å². The largest absolute Gasteiger partial charge is 0.383 e. The highest BCUT2D eigenvalue weighted by atomic mass is 16.5. The summed E-state index contributed by atoms with van der Waals surface area (Å²) < 4.78 is 5.20. The first-order valence-corrected chi connectivity index (χ1v) is 6.97. The van der Waals surface area contributed by atoms with E-state index in [4.69, 9.17) is 4.74 Å². The molecular weight excluding hydrogens is 240 g/mol. The molecule has 1 atom stereocenters. The summed E-state index contributed by atoms with van der Waals surface area (Å²) in [4.78, 5) is 11.4. The molecule has 19 heavy (non-hydrogen) atoms. The standard InChI is InChI=1S/C14H26N4O/c1-6-11(3)18(8-9-19-5)14-10-13(15-4)16-12(7-2)17-14/h10-11H,6-9H2,1-5H3,(H,15,16,17). The maximum Gasteiger partial charge on any atom is 0.134 e. The third-order valence-corrected chi connectivity index (χ3v) is 3.28. The number of hydrogen-bond donors (Lipinski definition) is 1. The van der Waals surface area contributed by atoms with E-state index in [1.165, 1.54) is 0 Å². The molecule has 1 aromatic heterocycles. The minimum atomic E-state index is 0.430. The van der Waals surface area contributed by atoms with Gasteiger partial charge in [0, 0.05) is 39.2 Å². The molecule has 1 rings (SSSR count). The van der Waals surface area contributed by atoms with Gasteiger partial charge in [0.25, 0.3) is 0 Å². The van der Waals surface area contributed by atoms with Crippen LogP contribution in [0.3, 0.4) is 0 Å². The Balaban J connectivity index is 3.05. The molecule has 0 bridgehead atoms. The van der Waals surface area contributed by atoms with E-state index >= 15 is 0 Å². The highest BCUT2D eigenvalue weighted by Gasteiger charge is 2.15. The van der Waals surface area contributed by atoms with Crippen molar-refractivity contribution in [3.8, 4) is 0 Å². The van der Waals surface area contributed by atoms with Crippen LogP contribution in [0.1, 0.15) is 33.0 Å². The topological polar surface area (TPSA) is 50.3 Å². The molecule has 1 heterocycles. The highest BCUT2D eigenvalue weighted by molar-refractivity contribution is 5.49. The van der Waals surface area contributed by atoms with Crippen LogP contribution >= 0.6 is 0 Å². The molecule has 0 saturated carbocycles. The molecule has 1 unspecified atom stereocenters. The molecule has 1 N–H and O–H groups in total. The fourth-order valence-electron chi connectivity index (χ4n) is 1.89. The zero-order valence-electron chi connectivity index (χ0n) is 12.7. The molecule has 0 amide bonds. The van der Waals surface area contributed by atoms with E-state index in [0.29, 0.717) is 12.6 Å². The van der Waals surface area contributed by atoms with E-state index in [1.807, 2.05) is 13.1 Å². The van der Waals surface area contributed by atoms with E-state index < -0.39 is 0 Å². The Morgan fingerprint density at radius 3 is 2.63 bits per heavy atom. The molecule has 0 radical (unpaired) electrons. The molecule has 0 aliphatic rings. The van der Waals surface area contributed by atoms with Crippen LogP contribution in [0, 0.1) is 0 Å². The van der Waals surface area contributed by atoms with Crippen molar-refractivity contribution in [2.75, 3.05) is 37.5 Å². The number of nitrogens with one attached hydrogen (secondary N) is 1. The van der Waals surface area contributed by atoms with E-state index in [0.717, 1.165) is 36.8 Å². The first-order chi connectivity index (χ1) is 9.15. The number of anilines is 2. The molecule has 5 heteroatoms. The molecule has 1 aromatic rings. The van der Waals surface area contributed by atoms with Crippen molar-refractivity contribution in [1.82, 2.24) is 9.97 Å². The zero-order valence-corrected chi connectivity index (χ0v) is 12.7. The number of aryl methyl sites for hydroxylation is 1. The van der Waals surface area contributed by atoms with Crippen LogP contribution in [-0.2, 0) is 11.2 Å². The van der Waals surface area contributed by atoms with Crippen LogP contribution in [0.2, 0.25) is 0 Å². The van der Waals surface area contributed by atoms with Crippen molar-refractivity contribution in [2.45, 2.75) is 39.7 Å². The van der Waals surface area contributed by atoms with Crippen LogP contribution in [0.15, 0.2) is 6.07 Å². The summed E-state index contributed by atoms with van der Waals surface area (Å²) in [7, 11) is 3.61. The Morgan fingerprint density at radius 2 is 2.11 bits per heavy atom. The van der Waals surface area contributed by atoms with Crippen LogP contribution < -0.4 is 10.2 Å². The monoisotopic (exact) mass is 266 g/mol. The van der Waals surface area contributed by atoms with Gasteiger partial charge in [-0.3, -0.25) is 0 Å². The Kier molecular flexibility index (Phi) is 6.56. The van der Waals surface area contributed by atoms with Crippen molar-refractivity contribution in [3.05, 3.63) is 11.9 Å². The van der Waals surface area contributed by atoms with Gasteiger partial charge < -0.3 is 15.0 Å². The lowest BCUT2D eigenvalue weighted by molar-refractivity contribution is 0.203. The van der Waals surface area contributed by atoms with Crippen molar-refractivity contribution < 1.29 is 4.74 Å². The number of rotatable bonds is 8. The maximum absolute atomic E-state index is 5.20. The average molecular weight is 266 g/mol. The second-order valence-electron chi connectivity index (χ2n) is 4.57. The first kappa shape index (κ1) is 15.7. The van der Waals surface area contributed by atoms with E-state index in [9.17, 15) is 0 Å². The van der Waals surface area contributed by atoms with Gasteiger partial charge in [-0.25, -0.2) is 9.97 Å². The lowest BCUT2D eigenvalue weighted by atomic mass is 10.2. The molecule has 0 saturated heterocycles. The quantitative estimate of drug-likeness (QED) is 0.782. The number of ether oxygens (including phenoxy) is 1. The normalized spacial score (nSPS) is 12.3. The Morgan fingerprint density at radius 1 is 1.37 bits per heavy atom. The number of hydrogen-bond acceptors (Lipinski definition) is 5. The SMILES string of the molecule is CCc1nc(NC)cc(N(CCOC)C(C)CC)n1. The Labute approximate surface area is 116 Å². The van der Waals surface area contributed by atoms with Crippen molar-refractivity contribution in [2.24, 2.45) is 0 Å². The van der Waals surface area contributed by atoms with E-state index in [1.54, 1.807) is 7.11 Å². The molecular formula is C14H26N4O. The summed E-state index contributed by atoms with van der Waals surface area (Å²) in [5.41, 5.74) is 0. The van der Waals surface area contributed by atoms with Crippen molar-refractivity contribution in [1.29, 1.82) is 0 Å². The molecule has 0 spiro atoms. The number of nitrogens with zero attached hydrogens (tertiary/aromatic N) is 3. The smallest absolute Gasteiger partial charge is 0.134 e. The Bertz CT molecular complexity index is 361. The summed E-state index contributed by atoms with van der Waals surface area (Å²) in [5.74, 6) is 2.71. The lowest BCUT2D eigenvalue weighted by Crippen LogP contribution is -2.36. The van der Waals surface area contributed by atoms with Crippen LogP contribution in [0.5, 0.6) is 0 Å². The Hall–Kier alpha value is -1.36. The minimum Gasteiger partial charge on any atom is -0.383 e. The number of aromatic nitrogens is 2. The summed E-state index contributed by atoms with van der Waals surface area (Å²) in [6.45, 7) is 8.01. The summed E-state index contributed by atoms with van der Waals surface area (Å²) in [6.07, 6.45) is 1.91. The van der Waals surface area contributed by atoms with Gasteiger partial charge >= 0.3 is 0 Å². The predicted molar refractivity (Wildman–Crippen MR) is 79.9 cm³/mol. The molecule has 0 fully saturated rings. The van der Waals surface area contributed by atoms with Crippen LogP contribution in [-0.4, -0.2) is 43.3 Å². The molecule has 108 valence electrons. The lowest BCUT2D eigenvalue weighted by Gasteiger charge is -2.30. The second kappa shape index (κ2) is 7.94. The van der Waals surface area contributed by atoms with Gasteiger partial charge in [-0.15, -0.1) is 0 Å². The average Bonchev–Trinajstić information content (AvgIpc) is 2.46. The van der Waals surface area contributed by atoms with Gasteiger partial charge in [0.15, 0.2) is 0 Å². The highest BCUT2D eigenvalue weighted by Crippen LogP contribution is 2.19. The zero-order chi connectivity index (χ0) is 14.3. The number of methoxy groups -OCH3 is 1.